The predicted molar refractivity (Wildman–Crippen MR) is 83.6 cm³/mol. The molecule has 0 spiro atoms. The lowest BCUT2D eigenvalue weighted by molar-refractivity contribution is -0.131. The average Bonchev–Trinajstić information content (AvgIpc) is 2.45. The van der Waals surface area contributed by atoms with Gasteiger partial charge in [-0.15, -0.1) is 0 Å². The summed E-state index contributed by atoms with van der Waals surface area (Å²) in [5.41, 5.74) is 0.340. The third kappa shape index (κ3) is 4.21. The van der Waals surface area contributed by atoms with Gasteiger partial charge in [0.05, 0.1) is 6.54 Å². The van der Waals surface area contributed by atoms with E-state index in [0.29, 0.717) is 29.8 Å². The van der Waals surface area contributed by atoms with E-state index >= 15 is 0 Å². The molecule has 3 heteroatoms. The Morgan fingerprint density at radius 1 is 1.05 bits per heavy atom. The quantitative estimate of drug-likeness (QED) is 0.861. The van der Waals surface area contributed by atoms with Crippen molar-refractivity contribution in [1.29, 1.82) is 0 Å². The molecule has 1 N–H and O–H groups in total. The lowest BCUT2D eigenvalue weighted by Gasteiger charge is -2.41. The fourth-order valence-corrected chi connectivity index (χ4v) is 3.89. The van der Waals surface area contributed by atoms with Gasteiger partial charge in [-0.25, -0.2) is 0 Å². The molecule has 2 unspecified atom stereocenters. The van der Waals surface area contributed by atoms with Gasteiger partial charge in [0.2, 0.25) is 5.91 Å². The standard InChI is InChI=1S/C17H32N2O/c1-17(2,3)14-9-5-6-10-15(14)18-13-16(20)19-11-7-4-8-12-19/h14-15,18H,4-13H2,1-3H3. The van der Waals surface area contributed by atoms with Crippen LogP contribution in [0.4, 0.5) is 0 Å². The number of nitrogens with one attached hydrogen (secondary N) is 1. The van der Waals surface area contributed by atoms with Crippen molar-refractivity contribution >= 4 is 5.91 Å². The van der Waals surface area contributed by atoms with E-state index in [0.717, 1.165) is 13.1 Å². The van der Waals surface area contributed by atoms with Crippen molar-refractivity contribution < 1.29 is 4.79 Å². The van der Waals surface area contributed by atoms with Crippen molar-refractivity contribution in [2.45, 2.75) is 71.8 Å². The first-order valence-corrected chi connectivity index (χ1v) is 8.49. The molecule has 0 aromatic rings. The van der Waals surface area contributed by atoms with Crippen molar-refractivity contribution in [1.82, 2.24) is 10.2 Å². The van der Waals surface area contributed by atoms with E-state index in [2.05, 4.69) is 26.1 Å². The number of amides is 1. The fraction of sp³-hybridized carbons (Fsp3) is 0.941. The van der Waals surface area contributed by atoms with Crippen molar-refractivity contribution in [3.05, 3.63) is 0 Å². The second kappa shape index (κ2) is 6.93. The number of piperidine rings is 1. The minimum atomic E-state index is 0.308. The van der Waals surface area contributed by atoms with Gasteiger partial charge in [-0.2, -0.15) is 0 Å². The molecule has 1 saturated heterocycles. The van der Waals surface area contributed by atoms with Gasteiger partial charge in [-0.3, -0.25) is 4.79 Å². The molecule has 0 radical (unpaired) electrons. The zero-order chi connectivity index (χ0) is 14.6. The topological polar surface area (TPSA) is 32.3 Å². The van der Waals surface area contributed by atoms with Crippen LogP contribution in [0.2, 0.25) is 0 Å². The molecular weight excluding hydrogens is 248 g/mol. The van der Waals surface area contributed by atoms with E-state index in [1.165, 1.54) is 44.9 Å². The zero-order valence-electron chi connectivity index (χ0n) is 13.6. The van der Waals surface area contributed by atoms with Gasteiger partial charge in [0.1, 0.15) is 0 Å². The van der Waals surface area contributed by atoms with Gasteiger partial charge in [-0.1, -0.05) is 33.6 Å². The van der Waals surface area contributed by atoms with Crippen LogP contribution in [0.3, 0.4) is 0 Å². The van der Waals surface area contributed by atoms with Crippen molar-refractivity contribution in [3.63, 3.8) is 0 Å². The highest BCUT2D eigenvalue weighted by molar-refractivity contribution is 5.78. The van der Waals surface area contributed by atoms with Crippen LogP contribution >= 0.6 is 0 Å². The molecule has 0 aromatic carbocycles. The van der Waals surface area contributed by atoms with Crippen LogP contribution in [-0.2, 0) is 4.79 Å². The van der Waals surface area contributed by atoms with Crippen LogP contribution < -0.4 is 5.32 Å². The molecule has 2 rings (SSSR count). The number of nitrogens with zero attached hydrogens (tertiary/aromatic N) is 1. The molecular formula is C17H32N2O. The maximum Gasteiger partial charge on any atom is 0.236 e. The second-order valence-electron chi connectivity index (χ2n) is 7.69. The maximum absolute atomic E-state index is 12.3. The summed E-state index contributed by atoms with van der Waals surface area (Å²) in [6, 6.07) is 0.525. The number of hydrogen-bond donors (Lipinski definition) is 1. The second-order valence-corrected chi connectivity index (χ2v) is 7.69. The molecule has 20 heavy (non-hydrogen) atoms. The van der Waals surface area contributed by atoms with Crippen LogP contribution in [0.5, 0.6) is 0 Å². The highest BCUT2D eigenvalue weighted by Crippen LogP contribution is 2.37. The Kier molecular flexibility index (Phi) is 5.48. The summed E-state index contributed by atoms with van der Waals surface area (Å²) in [7, 11) is 0. The lowest BCUT2D eigenvalue weighted by atomic mass is 9.69. The summed E-state index contributed by atoms with van der Waals surface area (Å²) in [6.45, 7) is 9.48. The Balaban J connectivity index is 1.83. The molecule has 1 amide bonds. The summed E-state index contributed by atoms with van der Waals surface area (Å²) in [6.07, 6.45) is 8.84. The summed E-state index contributed by atoms with van der Waals surface area (Å²) in [5.74, 6) is 1.01. The molecule has 2 aliphatic rings. The minimum Gasteiger partial charge on any atom is -0.342 e. The van der Waals surface area contributed by atoms with E-state index in [1.807, 2.05) is 4.90 Å². The monoisotopic (exact) mass is 280 g/mol. The molecule has 2 atom stereocenters. The van der Waals surface area contributed by atoms with Crippen LogP contribution in [0, 0.1) is 11.3 Å². The molecule has 1 aliphatic heterocycles. The molecule has 0 aromatic heterocycles. The maximum atomic E-state index is 12.3. The van der Waals surface area contributed by atoms with Gasteiger partial charge < -0.3 is 10.2 Å². The first-order valence-electron chi connectivity index (χ1n) is 8.49. The van der Waals surface area contributed by atoms with Crippen LogP contribution in [-0.4, -0.2) is 36.5 Å². The van der Waals surface area contributed by atoms with E-state index in [1.54, 1.807) is 0 Å². The number of carbonyl (C=O) groups excluding carboxylic acids is 1. The molecule has 1 saturated carbocycles. The summed E-state index contributed by atoms with van der Waals surface area (Å²) >= 11 is 0. The third-order valence-corrected chi connectivity index (χ3v) is 5.10. The minimum absolute atomic E-state index is 0.308. The lowest BCUT2D eigenvalue weighted by Crippen LogP contribution is -2.49. The van der Waals surface area contributed by atoms with Crippen molar-refractivity contribution in [2.75, 3.05) is 19.6 Å². The highest BCUT2D eigenvalue weighted by atomic mass is 16.2. The fourth-order valence-electron chi connectivity index (χ4n) is 3.89. The van der Waals surface area contributed by atoms with Crippen LogP contribution in [0.25, 0.3) is 0 Å². The van der Waals surface area contributed by atoms with Gasteiger partial charge in [0.25, 0.3) is 0 Å². The Hall–Kier alpha value is -0.570. The van der Waals surface area contributed by atoms with E-state index < -0.39 is 0 Å². The smallest absolute Gasteiger partial charge is 0.236 e. The molecule has 0 bridgehead atoms. The molecule has 1 heterocycles. The zero-order valence-corrected chi connectivity index (χ0v) is 13.6. The molecule has 2 fully saturated rings. The Bertz CT molecular complexity index is 315. The Morgan fingerprint density at radius 3 is 2.35 bits per heavy atom. The number of likely N-dealkylation sites (tertiary alicyclic amines) is 1. The van der Waals surface area contributed by atoms with E-state index in [9.17, 15) is 4.79 Å². The SMILES string of the molecule is CC(C)(C)C1CCCCC1NCC(=O)N1CCCCC1. The number of rotatable bonds is 3. The number of hydrogen-bond acceptors (Lipinski definition) is 2. The first kappa shape index (κ1) is 15.8. The average molecular weight is 280 g/mol. The third-order valence-electron chi connectivity index (χ3n) is 5.10. The highest BCUT2D eigenvalue weighted by Gasteiger charge is 2.34. The van der Waals surface area contributed by atoms with Crippen molar-refractivity contribution in [3.8, 4) is 0 Å². The summed E-state index contributed by atoms with van der Waals surface area (Å²) in [5, 5.41) is 3.58. The van der Waals surface area contributed by atoms with Crippen LogP contribution in [0.15, 0.2) is 0 Å². The van der Waals surface area contributed by atoms with E-state index in [-0.39, 0.29) is 0 Å². The van der Waals surface area contributed by atoms with E-state index in [4.69, 9.17) is 0 Å². The Labute approximate surface area is 124 Å². The van der Waals surface area contributed by atoms with Gasteiger partial charge >= 0.3 is 0 Å². The predicted octanol–water partition coefficient (Wildman–Crippen LogP) is 3.19. The van der Waals surface area contributed by atoms with Gasteiger partial charge in [0.15, 0.2) is 0 Å². The van der Waals surface area contributed by atoms with Gasteiger partial charge in [0, 0.05) is 19.1 Å². The molecule has 3 nitrogen and oxygen atoms in total. The van der Waals surface area contributed by atoms with Crippen LogP contribution in [0.1, 0.15) is 65.7 Å². The molecule has 116 valence electrons. The normalized spacial score (nSPS) is 28.4. The summed E-state index contributed by atoms with van der Waals surface area (Å²) < 4.78 is 0. The first-order chi connectivity index (χ1) is 9.48. The molecule has 1 aliphatic carbocycles. The number of carbonyl (C=O) groups is 1. The van der Waals surface area contributed by atoms with Crippen molar-refractivity contribution in [2.24, 2.45) is 11.3 Å². The summed E-state index contributed by atoms with van der Waals surface area (Å²) in [4.78, 5) is 14.3. The largest absolute Gasteiger partial charge is 0.342 e. The van der Waals surface area contributed by atoms with Gasteiger partial charge in [-0.05, 0) is 43.4 Å². The Morgan fingerprint density at radius 2 is 1.70 bits per heavy atom.